The van der Waals surface area contributed by atoms with Gasteiger partial charge in [0, 0.05) is 22.7 Å². The summed E-state index contributed by atoms with van der Waals surface area (Å²) in [6.45, 7) is 4.64. The largest absolute Gasteiger partial charge is 0.497 e. The quantitative estimate of drug-likeness (QED) is 0.595. The molecule has 0 saturated carbocycles. The maximum atomic E-state index is 13.5. The second kappa shape index (κ2) is 8.08. The van der Waals surface area contributed by atoms with Crippen LogP contribution >= 0.6 is 11.3 Å². The molecule has 0 radical (unpaired) electrons. The minimum Gasteiger partial charge on any atom is -0.497 e. The van der Waals surface area contributed by atoms with E-state index in [0.717, 1.165) is 29.8 Å². The summed E-state index contributed by atoms with van der Waals surface area (Å²) >= 11 is 1.91. The van der Waals surface area contributed by atoms with Gasteiger partial charge < -0.3 is 19.5 Å². The standard InChI is InChI=1S/C25H29N3O2S/c1-16(2)26-25(29)28-15-20-19-10-4-5-12-22(19)31-24(20)27-13-7-11-21(27)23(28)17-8-6-9-18(14-17)30-3/h6-9,11,13-14,16,23H,4-5,10,12,15H2,1-3H3,(H,26,29). The molecular weight excluding hydrogens is 406 g/mol. The van der Waals surface area contributed by atoms with Crippen molar-refractivity contribution in [2.45, 2.75) is 58.2 Å². The summed E-state index contributed by atoms with van der Waals surface area (Å²) in [4.78, 5) is 17.0. The van der Waals surface area contributed by atoms with Crippen molar-refractivity contribution in [3.05, 3.63) is 69.9 Å². The highest BCUT2D eigenvalue weighted by Crippen LogP contribution is 2.44. The third-order valence-electron chi connectivity index (χ3n) is 6.26. The number of aryl methyl sites for hydroxylation is 1. The van der Waals surface area contributed by atoms with Gasteiger partial charge in [-0.15, -0.1) is 11.3 Å². The molecule has 5 nitrogen and oxygen atoms in total. The Morgan fingerprint density at radius 3 is 2.81 bits per heavy atom. The number of hydrogen-bond donors (Lipinski definition) is 1. The predicted octanol–water partition coefficient (Wildman–Crippen LogP) is 5.45. The Morgan fingerprint density at radius 2 is 2.00 bits per heavy atom. The highest BCUT2D eigenvalue weighted by Gasteiger charge is 2.36. The predicted molar refractivity (Wildman–Crippen MR) is 124 cm³/mol. The van der Waals surface area contributed by atoms with Gasteiger partial charge in [-0.25, -0.2) is 4.79 Å². The molecule has 1 unspecified atom stereocenters. The third-order valence-corrected chi connectivity index (χ3v) is 7.59. The van der Waals surface area contributed by atoms with Crippen LogP contribution in [0.4, 0.5) is 4.79 Å². The smallest absolute Gasteiger partial charge is 0.318 e. The van der Waals surface area contributed by atoms with Crippen LogP contribution in [0, 0.1) is 0 Å². The maximum Gasteiger partial charge on any atom is 0.318 e. The average molecular weight is 436 g/mol. The summed E-state index contributed by atoms with van der Waals surface area (Å²) in [6, 6.07) is 12.2. The number of carbonyl (C=O) groups excluding carboxylic acids is 1. The lowest BCUT2D eigenvalue weighted by atomic mass is 9.95. The van der Waals surface area contributed by atoms with E-state index in [1.807, 2.05) is 48.3 Å². The first-order valence-electron chi connectivity index (χ1n) is 11.1. The summed E-state index contributed by atoms with van der Waals surface area (Å²) in [5, 5.41) is 4.42. The number of ether oxygens (including phenoxy) is 1. The van der Waals surface area contributed by atoms with Crippen LogP contribution < -0.4 is 10.1 Å². The van der Waals surface area contributed by atoms with Crippen LogP contribution in [0.3, 0.4) is 0 Å². The van der Waals surface area contributed by atoms with Crippen molar-refractivity contribution in [2.75, 3.05) is 7.11 Å². The molecule has 3 aromatic rings. The molecule has 31 heavy (non-hydrogen) atoms. The van der Waals surface area contributed by atoms with Gasteiger partial charge in [0.2, 0.25) is 0 Å². The van der Waals surface area contributed by atoms with Gasteiger partial charge in [0.05, 0.1) is 25.4 Å². The Kier molecular flexibility index (Phi) is 5.26. The fourth-order valence-electron chi connectivity index (χ4n) is 4.88. The fraction of sp³-hybridized carbons (Fsp3) is 0.400. The van der Waals surface area contributed by atoms with Crippen molar-refractivity contribution in [3.63, 3.8) is 0 Å². The first kappa shape index (κ1) is 20.2. The number of nitrogens with one attached hydrogen (secondary N) is 1. The van der Waals surface area contributed by atoms with Crippen LogP contribution in [0.2, 0.25) is 0 Å². The number of carbonyl (C=O) groups is 1. The normalized spacial score (nSPS) is 17.5. The second-order valence-electron chi connectivity index (χ2n) is 8.71. The number of amides is 2. The van der Waals surface area contributed by atoms with Crippen molar-refractivity contribution < 1.29 is 9.53 Å². The molecule has 0 spiro atoms. The molecule has 162 valence electrons. The molecule has 5 rings (SSSR count). The van der Waals surface area contributed by atoms with Gasteiger partial charge in [-0.05, 0) is 74.9 Å². The zero-order chi connectivity index (χ0) is 21.5. The minimum absolute atomic E-state index is 0.0285. The Morgan fingerprint density at radius 1 is 1.16 bits per heavy atom. The van der Waals surface area contributed by atoms with Crippen LogP contribution in [-0.4, -0.2) is 28.6 Å². The van der Waals surface area contributed by atoms with E-state index >= 15 is 0 Å². The van der Waals surface area contributed by atoms with E-state index in [0.29, 0.717) is 6.54 Å². The maximum absolute atomic E-state index is 13.5. The Hall–Kier alpha value is -2.73. The molecule has 0 fully saturated rings. The summed E-state index contributed by atoms with van der Waals surface area (Å²) in [5.74, 6) is 0.802. The van der Waals surface area contributed by atoms with Crippen LogP contribution in [-0.2, 0) is 19.4 Å². The molecule has 1 atom stereocenters. The number of fused-ring (bicyclic) bond motifs is 5. The molecule has 1 aliphatic carbocycles. The molecular formula is C25H29N3O2S. The van der Waals surface area contributed by atoms with E-state index in [9.17, 15) is 4.79 Å². The number of methoxy groups -OCH3 is 1. The monoisotopic (exact) mass is 435 g/mol. The number of thiophene rings is 1. The SMILES string of the molecule is COc1cccc(C2c3cccn3-c3sc4c(c3CN2C(=O)NC(C)C)CCCC4)c1. The van der Waals surface area contributed by atoms with Crippen LogP contribution in [0.25, 0.3) is 5.00 Å². The first-order chi connectivity index (χ1) is 15.1. The Bertz CT molecular complexity index is 1110. The molecule has 2 aromatic heterocycles. The lowest BCUT2D eigenvalue weighted by Crippen LogP contribution is -2.44. The molecule has 2 aliphatic rings. The number of nitrogens with zero attached hydrogens (tertiary/aromatic N) is 2. The van der Waals surface area contributed by atoms with Gasteiger partial charge in [-0.2, -0.15) is 0 Å². The topological polar surface area (TPSA) is 46.5 Å². The lowest BCUT2D eigenvalue weighted by molar-refractivity contribution is 0.178. The zero-order valence-corrected chi connectivity index (χ0v) is 19.2. The van der Waals surface area contributed by atoms with Gasteiger partial charge in [0.1, 0.15) is 10.8 Å². The van der Waals surface area contributed by atoms with Gasteiger partial charge >= 0.3 is 6.03 Å². The third kappa shape index (κ3) is 3.53. The van der Waals surface area contributed by atoms with E-state index in [2.05, 4.69) is 34.3 Å². The second-order valence-corrected chi connectivity index (χ2v) is 9.79. The fourth-order valence-corrected chi connectivity index (χ4v) is 6.28. The Labute approximate surface area is 187 Å². The molecule has 2 amide bonds. The van der Waals surface area contributed by atoms with Gasteiger partial charge in [-0.3, -0.25) is 0 Å². The zero-order valence-electron chi connectivity index (χ0n) is 18.4. The lowest BCUT2D eigenvalue weighted by Gasteiger charge is -2.32. The molecule has 1 N–H and O–H groups in total. The molecule has 0 saturated heterocycles. The van der Waals surface area contributed by atoms with E-state index in [4.69, 9.17) is 4.74 Å². The summed E-state index contributed by atoms with van der Waals surface area (Å²) in [6.07, 6.45) is 6.90. The molecule has 3 heterocycles. The van der Waals surface area contributed by atoms with Crippen molar-refractivity contribution in [1.29, 1.82) is 0 Å². The molecule has 1 aromatic carbocycles. The summed E-state index contributed by atoms with van der Waals surface area (Å²) in [5.41, 5.74) is 4.97. The van der Waals surface area contributed by atoms with E-state index in [1.165, 1.54) is 33.8 Å². The van der Waals surface area contributed by atoms with Crippen molar-refractivity contribution in [2.24, 2.45) is 0 Å². The van der Waals surface area contributed by atoms with Gasteiger partial charge in [0.25, 0.3) is 0 Å². The highest BCUT2D eigenvalue weighted by atomic mass is 32.1. The van der Waals surface area contributed by atoms with Crippen molar-refractivity contribution in [3.8, 4) is 10.8 Å². The van der Waals surface area contributed by atoms with E-state index < -0.39 is 0 Å². The van der Waals surface area contributed by atoms with Gasteiger partial charge in [-0.1, -0.05) is 12.1 Å². The van der Waals surface area contributed by atoms with Crippen LogP contribution in [0.1, 0.15) is 60.0 Å². The average Bonchev–Trinajstić information content (AvgIpc) is 3.35. The number of urea groups is 1. The number of aromatic nitrogens is 1. The Balaban J connectivity index is 1.70. The summed E-state index contributed by atoms with van der Waals surface area (Å²) in [7, 11) is 1.68. The van der Waals surface area contributed by atoms with E-state index in [-0.39, 0.29) is 18.1 Å². The van der Waals surface area contributed by atoms with Crippen LogP contribution in [0.15, 0.2) is 42.6 Å². The number of benzene rings is 1. The molecule has 1 aliphatic heterocycles. The highest BCUT2D eigenvalue weighted by molar-refractivity contribution is 7.15. The number of hydrogen-bond acceptors (Lipinski definition) is 3. The van der Waals surface area contributed by atoms with Crippen molar-refractivity contribution in [1.82, 2.24) is 14.8 Å². The first-order valence-corrected chi connectivity index (χ1v) is 11.9. The summed E-state index contributed by atoms with van der Waals surface area (Å²) < 4.78 is 7.81. The van der Waals surface area contributed by atoms with E-state index in [1.54, 1.807) is 7.11 Å². The molecule has 6 heteroatoms. The number of rotatable bonds is 3. The van der Waals surface area contributed by atoms with Gasteiger partial charge in [0.15, 0.2) is 0 Å². The molecule has 0 bridgehead atoms. The minimum atomic E-state index is -0.192. The van der Waals surface area contributed by atoms with Crippen LogP contribution in [0.5, 0.6) is 5.75 Å². The van der Waals surface area contributed by atoms with Crippen molar-refractivity contribution >= 4 is 17.4 Å².